The van der Waals surface area contributed by atoms with Crippen molar-refractivity contribution in [1.29, 1.82) is 0 Å². The lowest BCUT2D eigenvalue weighted by Crippen LogP contribution is -2.05. The first kappa shape index (κ1) is 13.4. The van der Waals surface area contributed by atoms with Gasteiger partial charge in [0.1, 0.15) is 5.82 Å². The van der Waals surface area contributed by atoms with Gasteiger partial charge >= 0.3 is 0 Å². The van der Waals surface area contributed by atoms with Crippen molar-refractivity contribution >= 4 is 17.4 Å². The van der Waals surface area contributed by atoms with Crippen LogP contribution in [0.2, 0.25) is 5.02 Å². The number of hydrogen-bond donors (Lipinski definition) is 2. The van der Waals surface area contributed by atoms with E-state index in [9.17, 15) is 4.39 Å². The highest BCUT2D eigenvalue weighted by Gasteiger charge is 2.30. The SMILES string of the molecule is CC1CCCC1c1[nH]nc(N)c1-c1cccc(Cl)c1F. The highest BCUT2D eigenvalue weighted by Crippen LogP contribution is 2.44. The summed E-state index contributed by atoms with van der Waals surface area (Å²) in [5.41, 5.74) is 7.99. The van der Waals surface area contributed by atoms with E-state index in [4.69, 9.17) is 17.3 Å². The Bertz CT molecular complexity index is 638. The molecule has 3 nitrogen and oxygen atoms in total. The van der Waals surface area contributed by atoms with Crippen LogP contribution >= 0.6 is 11.6 Å². The smallest absolute Gasteiger partial charge is 0.153 e. The number of nitrogens with two attached hydrogens (primary N) is 1. The Morgan fingerprint density at radius 1 is 1.40 bits per heavy atom. The van der Waals surface area contributed by atoms with Crippen LogP contribution in [0, 0.1) is 11.7 Å². The summed E-state index contributed by atoms with van der Waals surface area (Å²) in [7, 11) is 0. The molecular formula is C15H17ClFN3. The Kier molecular flexibility index (Phi) is 3.42. The molecule has 0 bridgehead atoms. The van der Waals surface area contributed by atoms with Crippen molar-refractivity contribution in [2.75, 3.05) is 5.73 Å². The largest absolute Gasteiger partial charge is 0.382 e. The molecule has 0 spiro atoms. The third-order valence-electron chi connectivity index (χ3n) is 4.28. The van der Waals surface area contributed by atoms with Crippen molar-refractivity contribution < 1.29 is 4.39 Å². The molecule has 0 saturated heterocycles. The first-order chi connectivity index (χ1) is 9.59. The maximum absolute atomic E-state index is 14.3. The maximum atomic E-state index is 14.3. The molecule has 0 aliphatic heterocycles. The topological polar surface area (TPSA) is 54.7 Å². The normalized spacial score (nSPS) is 22.4. The number of halogens is 2. The minimum atomic E-state index is -0.436. The monoisotopic (exact) mass is 293 g/mol. The number of nitrogen functional groups attached to an aromatic ring is 1. The lowest BCUT2D eigenvalue weighted by Gasteiger charge is -2.16. The van der Waals surface area contributed by atoms with E-state index in [-0.39, 0.29) is 5.02 Å². The molecule has 106 valence electrons. The number of aromatic amines is 1. The van der Waals surface area contributed by atoms with Crippen LogP contribution in [0.15, 0.2) is 18.2 Å². The predicted octanol–water partition coefficient (Wildman–Crippen LogP) is 4.36. The molecule has 1 saturated carbocycles. The van der Waals surface area contributed by atoms with E-state index in [0.717, 1.165) is 12.1 Å². The molecule has 20 heavy (non-hydrogen) atoms. The van der Waals surface area contributed by atoms with Gasteiger partial charge in [0.25, 0.3) is 0 Å². The van der Waals surface area contributed by atoms with Crippen LogP contribution in [0.3, 0.4) is 0 Å². The highest BCUT2D eigenvalue weighted by molar-refractivity contribution is 6.31. The maximum Gasteiger partial charge on any atom is 0.153 e. The van der Waals surface area contributed by atoms with Crippen LogP contribution in [-0.4, -0.2) is 10.2 Å². The molecular weight excluding hydrogens is 277 g/mol. The van der Waals surface area contributed by atoms with Crippen LogP contribution in [0.4, 0.5) is 10.2 Å². The molecule has 3 N–H and O–H groups in total. The Hall–Kier alpha value is -1.55. The Morgan fingerprint density at radius 3 is 2.90 bits per heavy atom. The van der Waals surface area contributed by atoms with E-state index in [0.29, 0.717) is 28.8 Å². The molecule has 1 aliphatic carbocycles. The molecule has 0 radical (unpaired) electrons. The fourth-order valence-corrected chi connectivity index (χ4v) is 3.37. The van der Waals surface area contributed by atoms with Gasteiger partial charge in [-0.25, -0.2) is 4.39 Å². The van der Waals surface area contributed by atoms with Gasteiger partial charge in [0.05, 0.1) is 5.02 Å². The Labute approximate surface area is 122 Å². The fourth-order valence-electron chi connectivity index (χ4n) is 3.19. The molecule has 2 aromatic rings. The van der Waals surface area contributed by atoms with Crippen molar-refractivity contribution in [2.45, 2.75) is 32.1 Å². The number of aromatic nitrogens is 2. The fraction of sp³-hybridized carbons (Fsp3) is 0.400. The molecule has 1 heterocycles. The molecule has 0 amide bonds. The molecule has 2 unspecified atom stereocenters. The highest BCUT2D eigenvalue weighted by atomic mass is 35.5. The number of nitrogens with one attached hydrogen (secondary N) is 1. The molecule has 1 fully saturated rings. The second-order valence-electron chi connectivity index (χ2n) is 5.51. The zero-order valence-electron chi connectivity index (χ0n) is 11.3. The molecule has 3 rings (SSSR count). The van der Waals surface area contributed by atoms with Gasteiger partial charge in [-0.15, -0.1) is 0 Å². The van der Waals surface area contributed by atoms with Crippen LogP contribution < -0.4 is 5.73 Å². The zero-order valence-corrected chi connectivity index (χ0v) is 12.0. The van der Waals surface area contributed by atoms with Crippen LogP contribution in [0.1, 0.15) is 37.8 Å². The number of H-pyrrole nitrogens is 1. The van der Waals surface area contributed by atoms with E-state index in [1.807, 2.05) is 0 Å². The van der Waals surface area contributed by atoms with Gasteiger partial charge in [-0.05, 0) is 18.4 Å². The Morgan fingerprint density at radius 2 is 2.20 bits per heavy atom. The zero-order chi connectivity index (χ0) is 14.3. The van der Waals surface area contributed by atoms with Gasteiger partial charge in [0, 0.05) is 22.7 Å². The van der Waals surface area contributed by atoms with Gasteiger partial charge in [-0.1, -0.05) is 43.5 Å². The van der Waals surface area contributed by atoms with Gasteiger partial charge in [-0.3, -0.25) is 5.10 Å². The lowest BCUT2D eigenvalue weighted by atomic mass is 9.90. The summed E-state index contributed by atoms with van der Waals surface area (Å²) >= 11 is 5.88. The second-order valence-corrected chi connectivity index (χ2v) is 5.92. The van der Waals surface area contributed by atoms with Crippen molar-refractivity contribution in [2.24, 2.45) is 5.92 Å². The van der Waals surface area contributed by atoms with Gasteiger partial charge in [0.15, 0.2) is 5.82 Å². The average molecular weight is 294 g/mol. The summed E-state index contributed by atoms with van der Waals surface area (Å²) in [6.07, 6.45) is 3.45. The van der Waals surface area contributed by atoms with Crippen LogP contribution in [0.25, 0.3) is 11.1 Å². The van der Waals surface area contributed by atoms with E-state index < -0.39 is 5.82 Å². The molecule has 2 atom stereocenters. The first-order valence-electron chi connectivity index (χ1n) is 6.87. The summed E-state index contributed by atoms with van der Waals surface area (Å²) in [6.45, 7) is 2.22. The van der Waals surface area contributed by atoms with E-state index in [2.05, 4.69) is 17.1 Å². The minimum absolute atomic E-state index is 0.105. The van der Waals surface area contributed by atoms with E-state index in [1.165, 1.54) is 18.9 Å². The molecule has 5 heteroatoms. The Balaban J connectivity index is 2.14. The number of hydrogen-bond acceptors (Lipinski definition) is 2. The number of rotatable bonds is 2. The quantitative estimate of drug-likeness (QED) is 0.864. The first-order valence-corrected chi connectivity index (χ1v) is 7.25. The van der Waals surface area contributed by atoms with Gasteiger partial charge < -0.3 is 5.73 Å². The van der Waals surface area contributed by atoms with Gasteiger partial charge in [-0.2, -0.15) is 5.10 Å². The summed E-state index contributed by atoms with van der Waals surface area (Å²) in [5, 5.41) is 7.20. The number of anilines is 1. The van der Waals surface area contributed by atoms with Crippen molar-refractivity contribution in [1.82, 2.24) is 10.2 Å². The second kappa shape index (κ2) is 5.09. The summed E-state index contributed by atoms with van der Waals surface area (Å²) in [6, 6.07) is 4.97. The standard InChI is InChI=1S/C15H17ClFN3/c1-8-4-2-5-9(8)14-12(15(18)20-19-14)10-6-3-7-11(16)13(10)17/h3,6-9H,2,4-5H2,1H3,(H3,18,19,20). The van der Waals surface area contributed by atoms with Crippen LogP contribution in [-0.2, 0) is 0 Å². The average Bonchev–Trinajstić information content (AvgIpc) is 2.99. The molecule has 1 aromatic carbocycles. The van der Waals surface area contributed by atoms with Crippen LogP contribution in [0.5, 0.6) is 0 Å². The minimum Gasteiger partial charge on any atom is -0.382 e. The van der Waals surface area contributed by atoms with Crippen molar-refractivity contribution in [3.05, 3.63) is 34.7 Å². The van der Waals surface area contributed by atoms with E-state index in [1.54, 1.807) is 12.1 Å². The van der Waals surface area contributed by atoms with Crippen molar-refractivity contribution in [3.63, 3.8) is 0 Å². The van der Waals surface area contributed by atoms with E-state index >= 15 is 0 Å². The summed E-state index contributed by atoms with van der Waals surface area (Å²) in [4.78, 5) is 0. The van der Waals surface area contributed by atoms with Gasteiger partial charge in [0.2, 0.25) is 0 Å². The molecule has 1 aromatic heterocycles. The third-order valence-corrected chi connectivity index (χ3v) is 4.57. The third kappa shape index (κ3) is 2.08. The number of benzene rings is 1. The lowest BCUT2D eigenvalue weighted by molar-refractivity contribution is 0.522. The summed E-state index contributed by atoms with van der Waals surface area (Å²) in [5.74, 6) is 0.804. The number of nitrogens with zero attached hydrogens (tertiary/aromatic N) is 1. The predicted molar refractivity (Wildman–Crippen MR) is 79.2 cm³/mol. The molecule has 1 aliphatic rings. The van der Waals surface area contributed by atoms with Crippen molar-refractivity contribution in [3.8, 4) is 11.1 Å². The summed E-state index contributed by atoms with van der Waals surface area (Å²) < 4.78 is 14.3.